The third kappa shape index (κ3) is 4.94. The van der Waals surface area contributed by atoms with E-state index in [1.807, 2.05) is 31.2 Å². The van der Waals surface area contributed by atoms with Gasteiger partial charge in [-0.05, 0) is 61.0 Å². The summed E-state index contributed by atoms with van der Waals surface area (Å²) < 4.78 is 11.0. The normalized spacial score (nSPS) is 11.7. The molecule has 0 bridgehead atoms. The fourth-order valence-electron chi connectivity index (χ4n) is 2.44. The van der Waals surface area contributed by atoms with Gasteiger partial charge in [0.2, 0.25) is 0 Å². The Kier molecular flexibility index (Phi) is 5.46. The van der Waals surface area contributed by atoms with Gasteiger partial charge in [-0.2, -0.15) is 0 Å². The van der Waals surface area contributed by atoms with E-state index in [1.54, 1.807) is 42.9 Å². The SMILES string of the molecule is C[C@H](Cc1ccco1)NC(=O)c1ccc(OCc2ccncc2)cc1. The third-order valence-electron chi connectivity index (χ3n) is 3.74. The van der Waals surface area contributed by atoms with Crippen molar-refractivity contribution in [3.8, 4) is 5.75 Å². The van der Waals surface area contributed by atoms with Crippen LogP contribution in [0.4, 0.5) is 0 Å². The van der Waals surface area contributed by atoms with Crippen LogP contribution in [0.5, 0.6) is 5.75 Å². The van der Waals surface area contributed by atoms with Gasteiger partial charge in [0.05, 0.1) is 6.26 Å². The van der Waals surface area contributed by atoms with Gasteiger partial charge >= 0.3 is 0 Å². The molecule has 1 amide bonds. The highest BCUT2D eigenvalue weighted by atomic mass is 16.5. The molecule has 0 fully saturated rings. The summed E-state index contributed by atoms with van der Waals surface area (Å²) in [5.74, 6) is 1.46. The number of furan rings is 1. The summed E-state index contributed by atoms with van der Waals surface area (Å²) in [5, 5.41) is 2.97. The standard InChI is InChI=1S/C20H20N2O3/c1-15(13-19-3-2-12-24-19)22-20(23)17-4-6-18(7-5-17)25-14-16-8-10-21-11-9-16/h2-12,15H,13-14H2,1H3,(H,22,23)/t15-/m1/s1. The lowest BCUT2D eigenvalue weighted by Crippen LogP contribution is -2.33. The van der Waals surface area contributed by atoms with E-state index < -0.39 is 0 Å². The molecule has 0 saturated heterocycles. The Bertz CT molecular complexity index is 784. The van der Waals surface area contributed by atoms with Crippen molar-refractivity contribution in [1.82, 2.24) is 10.3 Å². The lowest BCUT2D eigenvalue weighted by Gasteiger charge is -2.13. The Morgan fingerprint density at radius 1 is 1.16 bits per heavy atom. The number of ether oxygens (including phenoxy) is 1. The van der Waals surface area contributed by atoms with Crippen molar-refractivity contribution in [2.75, 3.05) is 0 Å². The maximum absolute atomic E-state index is 12.3. The summed E-state index contributed by atoms with van der Waals surface area (Å²) in [6.07, 6.45) is 5.76. The fourth-order valence-corrected chi connectivity index (χ4v) is 2.44. The molecule has 5 nitrogen and oxygen atoms in total. The molecule has 0 radical (unpaired) electrons. The van der Waals surface area contributed by atoms with Crippen LogP contribution in [0, 0.1) is 0 Å². The van der Waals surface area contributed by atoms with Crippen molar-refractivity contribution in [2.45, 2.75) is 26.0 Å². The van der Waals surface area contributed by atoms with Gasteiger partial charge in [-0.25, -0.2) is 0 Å². The lowest BCUT2D eigenvalue weighted by atomic mass is 10.1. The molecule has 0 aliphatic heterocycles. The van der Waals surface area contributed by atoms with Gasteiger partial charge in [0.15, 0.2) is 0 Å². The smallest absolute Gasteiger partial charge is 0.251 e. The molecule has 25 heavy (non-hydrogen) atoms. The molecule has 1 atom stereocenters. The zero-order chi connectivity index (χ0) is 17.5. The van der Waals surface area contributed by atoms with Gasteiger partial charge in [0, 0.05) is 30.4 Å². The first-order valence-electron chi connectivity index (χ1n) is 8.16. The zero-order valence-corrected chi connectivity index (χ0v) is 14.0. The molecule has 2 aromatic heterocycles. The Hall–Kier alpha value is -3.08. The minimum atomic E-state index is -0.111. The highest BCUT2D eigenvalue weighted by Crippen LogP contribution is 2.14. The predicted molar refractivity (Wildman–Crippen MR) is 94.4 cm³/mol. The fraction of sp³-hybridized carbons (Fsp3) is 0.200. The molecule has 0 aliphatic rings. The first-order chi connectivity index (χ1) is 12.2. The van der Waals surface area contributed by atoms with Gasteiger partial charge in [-0.3, -0.25) is 9.78 Å². The molecule has 128 valence electrons. The Morgan fingerprint density at radius 2 is 1.92 bits per heavy atom. The summed E-state index contributed by atoms with van der Waals surface area (Å²) in [5.41, 5.74) is 1.64. The number of hydrogen-bond acceptors (Lipinski definition) is 4. The van der Waals surface area contributed by atoms with Crippen LogP contribution in [-0.2, 0) is 13.0 Å². The highest BCUT2D eigenvalue weighted by Gasteiger charge is 2.11. The molecule has 3 aromatic rings. The average molecular weight is 336 g/mol. The second-order valence-electron chi connectivity index (χ2n) is 5.83. The first-order valence-corrected chi connectivity index (χ1v) is 8.16. The molecule has 1 aromatic carbocycles. The van der Waals surface area contributed by atoms with Crippen molar-refractivity contribution in [2.24, 2.45) is 0 Å². The van der Waals surface area contributed by atoms with E-state index in [4.69, 9.17) is 9.15 Å². The number of carbonyl (C=O) groups is 1. The highest BCUT2D eigenvalue weighted by molar-refractivity contribution is 5.94. The molecule has 2 heterocycles. The number of benzene rings is 1. The van der Waals surface area contributed by atoms with Gasteiger partial charge in [0.1, 0.15) is 18.1 Å². The summed E-state index contributed by atoms with van der Waals surface area (Å²) in [7, 11) is 0. The van der Waals surface area contributed by atoms with Crippen molar-refractivity contribution < 1.29 is 13.9 Å². The van der Waals surface area contributed by atoms with E-state index in [2.05, 4.69) is 10.3 Å². The number of aromatic nitrogens is 1. The Morgan fingerprint density at radius 3 is 2.60 bits per heavy atom. The molecule has 0 spiro atoms. The number of nitrogens with zero attached hydrogens (tertiary/aromatic N) is 1. The average Bonchev–Trinajstić information content (AvgIpc) is 3.14. The van der Waals surface area contributed by atoms with Crippen LogP contribution in [-0.4, -0.2) is 16.9 Å². The molecule has 0 unspecified atom stereocenters. The summed E-state index contributed by atoms with van der Waals surface area (Å²) >= 11 is 0. The lowest BCUT2D eigenvalue weighted by molar-refractivity contribution is 0.0939. The maximum Gasteiger partial charge on any atom is 0.251 e. The van der Waals surface area contributed by atoms with Crippen LogP contribution in [0.15, 0.2) is 71.6 Å². The zero-order valence-electron chi connectivity index (χ0n) is 14.0. The van der Waals surface area contributed by atoms with E-state index in [1.165, 1.54) is 0 Å². The Labute approximate surface area is 146 Å². The van der Waals surface area contributed by atoms with Gasteiger partial charge in [0.25, 0.3) is 5.91 Å². The van der Waals surface area contributed by atoms with Crippen molar-refractivity contribution in [3.05, 3.63) is 84.1 Å². The molecule has 0 aliphatic carbocycles. The first kappa shape index (κ1) is 16.8. The number of carbonyl (C=O) groups excluding carboxylic acids is 1. The molecule has 5 heteroatoms. The summed E-state index contributed by atoms with van der Waals surface area (Å²) in [6.45, 7) is 2.42. The number of amides is 1. The van der Waals surface area contributed by atoms with Crippen molar-refractivity contribution in [1.29, 1.82) is 0 Å². The van der Waals surface area contributed by atoms with E-state index in [9.17, 15) is 4.79 Å². The minimum Gasteiger partial charge on any atom is -0.489 e. The van der Waals surface area contributed by atoms with E-state index in [0.29, 0.717) is 18.6 Å². The van der Waals surface area contributed by atoms with Crippen LogP contribution in [0.3, 0.4) is 0 Å². The summed E-state index contributed by atoms with van der Waals surface area (Å²) in [4.78, 5) is 16.3. The van der Waals surface area contributed by atoms with Crippen molar-refractivity contribution >= 4 is 5.91 Å². The Balaban J connectivity index is 1.51. The topological polar surface area (TPSA) is 64.4 Å². The molecule has 1 N–H and O–H groups in total. The second-order valence-corrected chi connectivity index (χ2v) is 5.83. The van der Waals surface area contributed by atoms with E-state index >= 15 is 0 Å². The minimum absolute atomic E-state index is 0.0127. The summed E-state index contributed by atoms with van der Waals surface area (Å²) in [6, 6.07) is 14.7. The second kappa shape index (κ2) is 8.15. The van der Waals surface area contributed by atoms with Crippen LogP contribution in [0.2, 0.25) is 0 Å². The maximum atomic E-state index is 12.3. The quantitative estimate of drug-likeness (QED) is 0.716. The van der Waals surface area contributed by atoms with Crippen LogP contribution >= 0.6 is 0 Å². The predicted octanol–water partition coefficient (Wildman–Crippen LogP) is 3.61. The number of rotatable bonds is 7. The van der Waals surface area contributed by atoms with Gasteiger partial charge in [-0.15, -0.1) is 0 Å². The molecular formula is C20H20N2O3. The van der Waals surface area contributed by atoms with Crippen LogP contribution in [0.1, 0.15) is 28.6 Å². The van der Waals surface area contributed by atoms with Gasteiger partial charge in [-0.1, -0.05) is 0 Å². The van der Waals surface area contributed by atoms with Crippen LogP contribution < -0.4 is 10.1 Å². The number of hydrogen-bond donors (Lipinski definition) is 1. The monoisotopic (exact) mass is 336 g/mol. The largest absolute Gasteiger partial charge is 0.489 e. The molecule has 3 rings (SSSR count). The number of nitrogens with one attached hydrogen (secondary N) is 1. The molecular weight excluding hydrogens is 316 g/mol. The number of pyridine rings is 1. The van der Waals surface area contributed by atoms with Gasteiger partial charge < -0.3 is 14.5 Å². The molecule has 0 saturated carbocycles. The van der Waals surface area contributed by atoms with E-state index in [0.717, 1.165) is 17.1 Å². The third-order valence-corrected chi connectivity index (χ3v) is 3.74. The van der Waals surface area contributed by atoms with Crippen molar-refractivity contribution in [3.63, 3.8) is 0 Å². The van der Waals surface area contributed by atoms with E-state index in [-0.39, 0.29) is 11.9 Å². The van der Waals surface area contributed by atoms with Crippen LogP contribution in [0.25, 0.3) is 0 Å².